The molecular formula is C24H25ClN2O4. The monoisotopic (exact) mass is 440 g/mol. The Balaban J connectivity index is 2.14. The SMILES string of the molecule is Cc1c([C@H](OC(C)(C)C)C(=O)O)c(-c2ccc(Cl)cc2)c2cc(C)n3c2c1NC(=O)C3. The van der Waals surface area contributed by atoms with Crippen LogP contribution in [0.4, 0.5) is 5.69 Å². The van der Waals surface area contributed by atoms with Crippen molar-refractivity contribution in [1.29, 1.82) is 0 Å². The van der Waals surface area contributed by atoms with E-state index < -0.39 is 17.7 Å². The molecule has 0 bridgehead atoms. The van der Waals surface area contributed by atoms with Crippen molar-refractivity contribution in [2.45, 2.75) is 52.9 Å². The van der Waals surface area contributed by atoms with Crippen LogP contribution in [-0.4, -0.2) is 27.2 Å². The normalized spacial score (nSPS) is 14.6. The van der Waals surface area contributed by atoms with Crippen LogP contribution in [0.15, 0.2) is 30.3 Å². The topological polar surface area (TPSA) is 80.6 Å². The minimum Gasteiger partial charge on any atom is -0.479 e. The minimum absolute atomic E-state index is 0.134. The third kappa shape index (κ3) is 3.70. The molecule has 1 atom stereocenters. The Morgan fingerprint density at radius 1 is 1.23 bits per heavy atom. The van der Waals surface area contributed by atoms with Crippen LogP contribution >= 0.6 is 11.6 Å². The van der Waals surface area contributed by atoms with Crippen LogP contribution in [0.5, 0.6) is 0 Å². The van der Waals surface area contributed by atoms with Crippen LogP contribution in [0.3, 0.4) is 0 Å². The van der Waals surface area contributed by atoms with Gasteiger partial charge in [-0.1, -0.05) is 23.7 Å². The Bertz CT molecular complexity index is 1220. The Morgan fingerprint density at radius 3 is 2.45 bits per heavy atom. The Kier molecular flexibility index (Phi) is 5.10. The average Bonchev–Trinajstić information content (AvgIpc) is 2.99. The Labute approximate surface area is 185 Å². The van der Waals surface area contributed by atoms with E-state index in [4.69, 9.17) is 16.3 Å². The number of halogens is 1. The molecule has 2 heterocycles. The van der Waals surface area contributed by atoms with Gasteiger partial charge in [-0.15, -0.1) is 0 Å². The summed E-state index contributed by atoms with van der Waals surface area (Å²) in [5, 5.41) is 14.6. The summed E-state index contributed by atoms with van der Waals surface area (Å²) in [4.78, 5) is 24.8. The summed E-state index contributed by atoms with van der Waals surface area (Å²) in [6.45, 7) is 9.48. The fourth-order valence-corrected chi connectivity index (χ4v) is 4.43. The Morgan fingerprint density at radius 2 is 1.87 bits per heavy atom. The summed E-state index contributed by atoms with van der Waals surface area (Å²) in [5.74, 6) is -1.22. The zero-order valence-corrected chi connectivity index (χ0v) is 18.9. The molecule has 0 spiro atoms. The molecule has 1 amide bonds. The highest BCUT2D eigenvalue weighted by atomic mass is 35.5. The van der Waals surface area contributed by atoms with Gasteiger partial charge in [-0.05, 0) is 69.5 Å². The predicted octanol–water partition coefficient (Wildman–Crippen LogP) is 5.47. The number of aromatic nitrogens is 1. The first kappa shape index (κ1) is 21.4. The summed E-state index contributed by atoms with van der Waals surface area (Å²) >= 11 is 6.12. The zero-order chi connectivity index (χ0) is 22.7. The van der Waals surface area contributed by atoms with E-state index in [2.05, 4.69) is 5.32 Å². The smallest absolute Gasteiger partial charge is 0.337 e. The van der Waals surface area contributed by atoms with Crippen molar-refractivity contribution in [3.05, 3.63) is 52.2 Å². The highest BCUT2D eigenvalue weighted by molar-refractivity contribution is 6.30. The molecular weight excluding hydrogens is 416 g/mol. The van der Waals surface area contributed by atoms with Gasteiger partial charge in [0, 0.05) is 21.7 Å². The molecule has 3 aromatic rings. The molecule has 0 unspecified atom stereocenters. The summed E-state index contributed by atoms with van der Waals surface area (Å²) in [6, 6.07) is 9.34. The van der Waals surface area contributed by atoms with E-state index in [9.17, 15) is 14.7 Å². The standard InChI is InChI=1S/C24H25ClN2O4/c1-12-10-16-19(14-6-8-15(25)9-7-14)18(22(23(29)30)31-24(3,4)5)13(2)20-21(16)27(12)11-17(28)26-20/h6-10,22H,11H2,1-5H3,(H,26,28)(H,29,30)/t22-/m0/s1. The van der Waals surface area contributed by atoms with Gasteiger partial charge in [0.15, 0.2) is 6.10 Å². The van der Waals surface area contributed by atoms with Crippen LogP contribution in [0, 0.1) is 13.8 Å². The van der Waals surface area contributed by atoms with Crippen LogP contribution < -0.4 is 5.32 Å². The molecule has 31 heavy (non-hydrogen) atoms. The quantitative estimate of drug-likeness (QED) is 0.563. The minimum atomic E-state index is -1.21. The van der Waals surface area contributed by atoms with E-state index in [0.29, 0.717) is 21.8 Å². The van der Waals surface area contributed by atoms with Gasteiger partial charge >= 0.3 is 5.97 Å². The van der Waals surface area contributed by atoms with Gasteiger partial charge in [-0.25, -0.2) is 4.79 Å². The number of anilines is 1. The van der Waals surface area contributed by atoms with E-state index in [0.717, 1.165) is 27.7 Å². The molecule has 6 nitrogen and oxygen atoms in total. The highest BCUT2D eigenvalue weighted by Crippen LogP contribution is 2.46. The molecule has 0 aliphatic carbocycles. The molecule has 2 N–H and O–H groups in total. The van der Waals surface area contributed by atoms with Crippen molar-refractivity contribution in [1.82, 2.24) is 4.57 Å². The number of amides is 1. The number of carboxylic acids is 1. The van der Waals surface area contributed by atoms with Crippen molar-refractivity contribution in [2.24, 2.45) is 0 Å². The molecule has 2 aromatic carbocycles. The van der Waals surface area contributed by atoms with Gasteiger partial charge in [-0.2, -0.15) is 0 Å². The lowest BCUT2D eigenvalue weighted by atomic mass is 9.87. The van der Waals surface area contributed by atoms with E-state index in [1.165, 1.54) is 0 Å². The first-order valence-corrected chi connectivity index (χ1v) is 10.5. The van der Waals surface area contributed by atoms with Gasteiger partial charge in [0.05, 0.1) is 16.8 Å². The maximum absolute atomic E-state index is 12.4. The number of aryl methyl sites for hydroxylation is 1. The fourth-order valence-electron chi connectivity index (χ4n) is 4.30. The first-order valence-electron chi connectivity index (χ1n) is 10.1. The number of carbonyl (C=O) groups is 2. The number of carbonyl (C=O) groups excluding carboxylic acids is 1. The number of hydrogen-bond donors (Lipinski definition) is 2. The summed E-state index contributed by atoms with van der Waals surface area (Å²) in [7, 11) is 0. The van der Waals surface area contributed by atoms with Crippen LogP contribution in [0.1, 0.15) is 43.7 Å². The van der Waals surface area contributed by atoms with Gasteiger partial charge < -0.3 is 19.7 Å². The number of nitrogens with one attached hydrogen (secondary N) is 1. The van der Waals surface area contributed by atoms with E-state index in [1.54, 1.807) is 12.1 Å². The van der Waals surface area contributed by atoms with Gasteiger partial charge in [0.2, 0.25) is 5.91 Å². The second kappa shape index (κ2) is 7.39. The lowest BCUT2D eigenvalue weighted by molar-refractivity contribution is -0.160. The molecule has 1 aromatic heterocycles. The lowest BCUT2D eigenvalue weighted by Gasteiger charge is -2.30. The van der Waals surface area contributed by atoms with Crippen molar-refractivity contribution in [2.75, 3.05) is 5.32 Å². The average molecular weight is 441 g/mol. The molecule has 0 saturated heterocycles. The number of ether oxygens (including phenoxy) is 1. The number of nitrogens with zero attached hydrogens (tertiary/aromatic N) is 1. The third-order valence-corrected chi connectivity index (χ3v) is 5.77. The van der Waals surface area contributed by atoms with Gasteiger partial charge in [0.1, 0.15) is 6.54 Å². The predicted molar refractivity (Wildman–Crippen MR) is 122 cm³/mol. The number of aliphatic carboxylic acids is 1. The number of rotatable bonds is 4. The van der Waals surface area contributed by atoms with E-state index >= 15 is 0 Å². The second-order valence-electron chi connectivity index (χ2n) is 8.93. The number of benzene rings is 2. The molecule has 7 heteroatoms. The maximum atomic E-state index is 12.4. The summed E-state index contributed by atoms with van der Waals surface area (Å²) < 4.78 is 8.01. The molecule has 0 fully saturated rings. The molecule has 1 aliphatic rings. The van der Waals surface area contributed by atoms with Crippen molar-refractivity contribution < 1.29 is 19.4 Å². The highest BCUT2D eigenvalue weighted by Gasteiger charge is 2.35. The molecule has 162 valence electrons. The van der Waals surface area contributed by atoms with Crippen molar-refractivity contribution in [3.8, 4) is 11.1 Å². The molecule has 0 radical (unpaired) electrons. The van der Waals surface area contributed by atoms with E-state index in [1.807, 2.05) is 57.4 Å². The molecule has 1 aliphatic heterocycles. The number of hydrogen-bond acceptors (Lipinski definition) is 3. The van der Waals surface area contributed by atoms with Crippen molar-refractivity contribution in [3.63, 3.8) is 0 Å². The zero-order valence-electron chi connectivity index (χ0n) is 18.2. The van der Waals surface area contributed by atoms with Crippen molar-refractivity contribution >= 4 is 40.1 Å². The van der Waals surface area contributed by atoms with Crippen LogP contribution in [0.25, 0.3) is 22.0 Å². The maximum Gasteiger partial charge on any atom is 0.337 e. The molecule has 0 saturated carbocycles. The summed E-state index contributed by atoms with van der Waals surface area (Å²) in [5.41, 5.74) is 4.60. The largest absolute Gasteiger partial charge is 0.479 e. The first-order chi connectivity index (χ1) is 14.5. The van der Waals surface area contributed by atoms with Gasteiger partial charge in [-0.3, -0.25) is 4.79 Å². The number of carboxylic acid groups (broad SMARTS) is 1. The summed E-state index contributed by atoms with van der Waals surface area (Å²) in [6.07, 6.45) is -1.21. The third-order valence-electron chi connectivity index (χ3n) is 5.52. The van der Waals surface area contributed by atoms with E-state index in [-0.39, 0.29) is 12.5 Å². The molecule has 4 rings (SSSR count). The van der Waals surface area contributed by atoms with Crippen LogP contribution in [-0.2, 0) is 20.9 Å². The lowest BCUT2D eigenvalue weighted by Crippen LogP contribution is -2.29. The van der Waals surface area contributed by atoms with Crippen LogP contribution in [0.2, 0.25) is 5.02 Å². The fraction of sp³-hybridized carbons (Fsp3) is 0.333. The van der Waals surface area contributed by atoms with Gasteiger partial charge in [0.25, 0.3) is 0 Å². The Hall–Kier alpha value is -2.83. The second-order valence-corrected chi connectivity index (χ2v) is 9.36.